The molecule has 2 aromatic rings. The average molecular weight is 390 g/mol. The Morgan fingerprint density at radius 2 is 1.84 bits per heavy atom. The number of ether oxygens (including phenoxy) is 2. The number of hydrogen-bond acceptors (Lipinski definition) is 3. The summed E-state index contributed by atoms with van der Waals surface area (Å²) in [5.41, 5.74) is 0.930. The molecule has 0 saturated carbocycles. The minimum Gasteiger partial charge on any atom is -0.493 e. The van der Waals surface area contributed by atoms with Gasteiger partial charge in [0.15, 0.2) is 11.5 Å². The van der Waals surface area contributed by atoms with Crippen molar-refractivity contribution in [1.82, 2.24) is 5.32 Å². The van der Waals surface area contributed by atoms with E-state index in [1.54, 1.807) is 25.1 Å². The van der Waals surface area contributed by atoms with Crippen LogP contribution >= 0.6 is 23.2 Å². The first kappa shape index (κ1) is 19.3. The van der Waals surface area contributed by atoms with Crippen molar-refractivity contribution in [3.63, 3.8) is 0 Å². The molecule has 0 saturated heterocycles. The van der Waals surface area contributed by atoms with Gasteiger partial charge < -0.3 is 14.8 Å². The first-order valence-corrected chi connectivity index (χ1v) is 7.96. The molecule has 1 atom stereocenters. The summed E-state index contributed by atoms with van der Waals surface area (Å²) >= 11 is 12.0. The van der Waals surface area contributed by atoms with Crippen LogP contribution < -0.4 is 14.8 Å². The van der Waals surface area contributed by atoms with Crippen molar-refractivity contribution < 1.29 is 23.0 Å². The molecule has 0 aliphatic heterocycles. The highest BCUT2D eigenvalue weighted by atomic mass is 35.5. The van der Waals surface area contributed by atoms with Crippen molar-refractivity contribution in [3.8, 4) is 11.5 Å². The summed E-state index contributed by atoms with van der Waals surface area (Å²) in [7, 11) is 1.30. The van der Waals surface area contributed by atoms with Gasteiger partial charge in [0.1, 0.15) is 0 Å². The van der Waals surface area contributed by atoms with Crippen molar-refractivity contribution in [2.24, 2.45) is 0 Å². The topological polar surface area (TPSA) is 47.6 Å². The van der Waals surface area contributed by atoms with Gasteiger partial charge in [-0.25, -0.2) is 0 Å². The second-order valence-electron chi connectivity index (χ2n) is 5.11. The van der Waals surface area contributed by atoms with Gasteiger partial charge in [0, 0.05) is 15.6 Å². The van der Waals surface area contributed by atoms with E-state index in [9.17, 15) is 13.6 Å². The molecule has 2 aromatic carbocycles. The molecule has 0 aromatic heterocycles. The zero-order valence-corrected chi connectivity index (χ0v) is 14.9. The van der Waals surface area contributed by atoms with Crippen LogP contribution in [0.2, 0.25) is 10.0 Å². The lowest BCUT2D eigenvalue weighted by atomic mass is 10.1. The second kappa shape index (κ2) is 8.36. The number of carbonyl (C=O) groups is 1. The summed E-state index contributed by atoms with van der Waals surface area (Å²) in [4.78, 5) is 12.4. The summed E-state index contributed by atoms with van der Waals surface area (Å²) in [6.45, 7) is -1.22. The van der Waals surface area contributed by atoms with E-state index in [0.717, 1.165) is 0 Å². The summed E-state index contributed by atoms with van der Waals surface area (Å²) in [6, 6.07) is 8.52. The lowest BCUT2D eigenvalue weighted by Gasteiger charge is -2.17. The Morgan fingerprint density at radius 1 is 1.12 bits per heavy atom. The molecule has 0 bridgehead atoms. The predicted molar refractivity (Wildman–Crippen MR) is 92.0 cm³/mol. The van der Waals surface area contributed by atoms with E-state index in [1.807, 2.05) is 0 Å². The Morgan fingerprint density at radius 3 is 2.44 bits per heavy atom. The third kappa shape index (κ3) is 4.96. The predicted octanol–water partition coefficient (Wildman–Crippen LogP) is 5.09. The number of nitrogens with one attached hydrogen (secondary N) is 1. The number of alkyl halides is 2. The van der Waals surface area contributed by atoms with E-state index < -0.39 is 12.5 Å². The number of amides is 1. The SMILES string of the molecule is COc1cc(C(=O)N[C@H](C)c2ccc(Cl)cc2Cl)ccc1OC(F)F. The Labute approximate surface area is 153 Å². The Kier molecular flexibility index (Phi) is 6.45. The Hall–Kier alpha value is -2.05. The molecule has 0 unspecified atom stereocenters. The van der Waals surface area contributed by atoms with Crippen molar-refractivity contribution in [2.75, 3.05) is 7.11 Å². The van der Waals surface area contributed by atoms with Gasteiger partial charge in [0.2, 0.25) is 0 Å². The molecule has 1 N–H and O–H groups in total. The van der Waals surface area contributed by atoms with E-state index in [4.69, 9.17) is 27.9 Å². The summed E-state index contributed by atoms with van der Waals surface area (Å²) in [5.74, 6) is -0.534. The summed E-state index contributed by atoms with van der Waals surface area (Å²) in [5, 5.41) is 3.69. The number of halogens is 4. The Balaban J connectivity index is 2.17. The summed E-state index contributed by atoms with van der Waals surface area (Å²) in [6.07, 6.45) is 0. The molecule has 25 heavy (non-hydrogen) atoms. The lowest BCUT2D eigenvalue weighted by Crippen LogP contribution is -2.26. The third-order valence-electron chi connectivity index (χ3n) is 3.42. The lowest BCUT2D eigenvalue weighted by molar-refractivity contribution is -0.0512. The van der Waals surface area contributed by atoms with E-state index >= 15 is 0 Å². The molecule has 2 rings (SSSR count). The third-order valence-corrected chi connectivity index (χ3v) is 3.98. The largest absolute Gasteiger partial charge is 0.493 e. The van der Waals surface area contributed by atoms with Gasteiger partial charge in [-0.1, -0.05) is 29.3 Å². The van der Waals surface area contributed by atoms with Gasteiger partial charge in [0.25, 0.3) is 5.91 Å². The minimum absolute atomic E-state index is 0.0325. The monoisotopic (exact) mass is 389 g/mol. The minimum atomic E-state index is -2.99. The van der Waals surface area contributed by atoms with Crippen molar-refractivity contribution in [2.45, 2.75) is 19.6 Å². The standard InChI is InChI=1S/C17H15Cl2F2NO3/c1-9(12-5-4-11(18)8-13(12)19)22-16(23)10-3-6-14(25-17(20)21)15(7-10)24-2/h3-9,17H,1-2H3,(H,22,23)/t9-/m1/s1. The highest BCUT2D eigenvalue weighted by Crippen LogP contribution is 2.30. The fraction of sp³-hybridized carbons (Fsp3) is 0.235. The van der Waals surface area contributed by atoms with Gasteiger partial charge in [0.05, 0.1) is 13.2 Å². The van der Waals surface area contributed by atoms with Crippen LogP contribution in [0.25, 0.3) is 0 Å². The first-order chi connectivity index (χ1) is 11.8. The maximum absolute atomic E-state index is 12.4. The fourth-order valence-corrected chi connectivity index (χ4v) is 2.78. The van der Waals surface area contributed by atoms with Crippen LogP contribution in [0.4, 0.5) is 8.78 Å². The van der Waals surface area contributed by atoms with E-state index in [2.05, 4.69) is 10.1 Å². The number of carbonyl (C=O) groups excluding carboxylic acids is 1. The zero-order chi connectivity index (χ0) is 18.6. The van der Waals surface area contributed by atoms with Crippen LogP contribution in [0.1, 0.15) is 28.9 Å². The van der Waals surface area contributed by atoms with Gasteiger partial charge in [-0.15, -0.1) is 0 Å². The second-order valence-corrected chi connectivity index (χ2v) is 5.95. The molecule has 8 heteroatoms. The number of rotatable bonds is 6. The Bertz CT molecular complexity index is 772. The maximum Gasteiger partial charge on any atom is 0.387 e. The molecule has 0 heterocycles. The first-order valence-electron chi connectivity index (χ1n) is 7.20. The molecule has 134 valence electrons. The average Bonchev–Trinajstić information content (AvgIpc) is 2.54. The molecule has 0 aliphatic carbocycles. The summed E-state index contributed by atoms with van der Waals surface area (Å²) < 4.78 is 34.0. The zero-order valence-electron chi connectivity index (χ0n) is 13.4. The molecular weight excluding hydrogens is 375 g/mol. The van der Waals surface area contributed by atoms with Gasteiger partial charge in [-0.3, -0.25) is 4.79 Å². The smallest absolute Gasteiger partial charge is 0.387 e. The molecule has 4 nitrogen and oxygen atoms in total. The van der Waals surface area contributed by atoms with Gasteiger partial charge in [-0.05, 0) is 42.8 Å². The van der Waals surface area contributed by atoms with Crippen LogP contribution in [0, 0.1) is 0 Å². The number of benzene rings is 2. The molecule has 0 fully saturated rings. The quantitative estimate of drug-likeness (QED) is 0.747. The van der Waals surface area contributed by atoms with Crippen LogP contribution in [0.3, 0.4) is 0 Å². The van der Waals surface area contributed by atoms with E-state index in [0.29, 0.717) is 15.6 Å². The molecule has 0 aliphatic rings. The van der Waals surface area contributed by atoms with Crippen LogP contribution in [-0.4, -0.2) is 19.6 Å². The molecule has 1 amide bonds. The van der Waals surface area contributed by atoms with Crippen LogP contribution in [0.5, 0.6) is 11.5 Å². The van der Waals surface area contributed by atoms with Gasteiger partial charge in [-0.2, -0.15) is 8.78 Å². The number of hydrogen-bond donors (Lipinski definition) is 1. The van der Waals surface area contributed by atoms with Crippen LogP contribution in [-0.2, 0) is 0 Å². The van der Waals surface area contributed by atoms with Gasteiger partial charge >= 0.3 is 6.61 Å². The number of methoxy groups -OCH3 is 1. The molecule has 0 radical (unpaired) electrons. The normalized spacial score (nSPS) is 12.0. The van der Waals surface area contributed by atoms with Crippen molar-refractivity contribution >= 4 is 29.1 Å². The van der Waals surface area contributed by atoms with Crippen LogP contribution in [0.15, 0.2) is 36.4 Å². The van der Waals surface area contributed by atoms with Crippen molar-refractivity contribution in [1.29, 1.82) is 0 Å². The van der Waals surface area contributed by atoms with E-state index in [1.165, 1.54) is 25.3 Å². The molecular formula is C17H15Cl2F2NO3. The maximum atomic E-state index is 12.4. The highest BCUT2D eigenvalue weighted by molar-refractivity contribution is 6.35. The molecule has 0 spiro atoms. The highest BCUT2D eigenvalue weighted by Gasteiger charge is 2.17. The van der Waals surface area contributed by atoms with Crippen molar-refractivity contribution in [3.05, 3.63) is 57.6 Å². The van der Waals surface area contributed by atoms with E-state index in [-0.39, 0.29) is 23.1 Å². The fourth-order valence-electron chi connectivity index (χ4n) is 2.21.